The highest BCUT2D eigenvalue weighted by molar-refractivity contribution is 5.84. The second kappa shape index (κ2) is 8.42. The molecule has 21 heavy (non-hydrogen) atoms. The van der Waals surface area contributed by atoms with E-state index in [-0.39, 0.29) is 30.8 Å². The fourth-order valence-corrected chi connectivity index (χ4v) is 2.00. The summed E-state index contributed by atoms with van der Waals surface area (Å²) in [6, 6.07) is 9.20. The molecule has 0 saturated carbocycles. The van der Waals surface area contributed by atoms with Gasteiger partial charge in [-0.15, -0.1) is 0 Å². The van der Waals surface area contributed by atoms with Crippen molar-refractivity contribution in [1.29, 1.82) is 0 Å². The van der Waals surface area contributed by atoms with Gasteiger partial charge in [0.05, 0.1) is 6.54 Å². The summed E-state index contributed by atoms with van der Waals surface area (Å²) in [5, 5.41) is 0. The number of carbonyl (C=O) groups excluding carboxylic acids is 2. The van der Waals surface area contributed by atoms with Gasteiger partial charge >= 0.3 is 0 Å². The van der Waals surface area contributed by atoms with Crippen LogP contribution in [0.2, 0.25) is 0 Å². The first-order valence-corrected chi connectivity index (χ1v) is 7.24. The molecule has 0 spiro atoms. The highest BCUT2D eigenvalue weighted by atomic mass is 16.2. The van der Waals surface area contributed by atoms with Crippen molar-refractivity contribution in [2.24, 2.45) is 5.73 Å². The highest BCUT2D eigenvalue weighted by Gasteiger charge is 2.20. The highest BCUT2D eigenvalue weighted by Crippen LogP contribution is 2.15. The molecule has 0 aliphatic rings. The van der Waals surface area contributed by atoms with Crippen LogP contribution in [-0.2, 0) is 9.59 Å². The first-order valence-electron chi connectivity index (χ1n) is 7.24. The molecule has 0 aromatic heterocycles. The Bertz CT molecular complexity index is 460. The lowest BCUT2D eigenvalue weighted by molar-refractivity contribution is -0.139. The third-order valence-electron chi connectivity index (χ3n) is 3.29. The second-order valence-electron chi connectivity index (χ2n) is 5.32. The molecule has 1 aromatic carbocycles. The fourth-order valence-electron chi connectivity index (χ4n) is 2.00. The lowest BCUT2D eigenvalue weighted by atomic mass is 10.0. The Morgan fingerprint density at radius 3 is 2.29 bits per heavy atom. The van der Waals surface area contributed by atoms with Crippen molar-refractivity contribution in [3.05, 3.63) is 35.9 Å². The first-order chi connectivity index (χ1) is 9.95. The predicted molar refractivity (Wildman–Crippen MR) is 83.6 cm³/mol. The molecule has 1 aromatic rings. The van der Waals surface area contributed by atoms with E-state index >= 15 is 0 Å². The van der Waals surface area contributed by atoms with Gasteiger partial charge in [0, 0.05) is 33.1 Å². The lowest BCUT2D eigenvalue weighted by Gasteiger charge is -2.24. The zero-order valence-corrected chi connectivity index (χ0v) is 13.1. The number of carbonyl (C=O) groups is 2. The smallest absolute Gasteiger partial charge is 0.241 e. The zero-order valence-electron chi connectivity index (χ0n) is 13.1. The maximum atomic E-state index is 12.4. The van der Waals surface area contributed by atoms with Gasteiger partial charge in [-0.25, -0.2) is 0 Å². The molecule has 1 atom stereocenters. The zero-order chi connectivity index (χ0) is 15.8. The van der Waals surface area contributed by atoms with Crippen LogP contribution >= 0.6 is 0 Å². The molecule has 2 amide bonds. The minimum absolute atomic E-state index is 0.0786. The second-order valence-corrected chi connectivity index (χ2v) is 5.32. The van der Waals surface area contributed by atoms with Gasteiger partial charge in [0.25, 0.3) is 0 Å². The third-order valence-corrected chi connectivity index (χ3v) is 3.29. The largest absolute Gasteiger partial charge is 0.347 e. The maximum Gasteiger partial charge on any atom is 0.241 e. The van der Waals surface area contributed by atoms with Crippen LogP contribution in [0.25, 0.3) is 0 Å². The molecule has 0 saturated heterocycles. The Balaban J connectivity index is 2.66. The van der Waals surface area contributed by atoms with Crippen LogP contribution in [0.1, 0.15) is 31.4 Å². The first kappa shape index (κ1) is 17.2. The monoisotopic (exact) mass is 291 g/mol. The molecule has 0 fully saturated rings. The summed E-state index contributed by atoms with van der Waals surface area (Å²) in [4.78, 5) is 27.2. The van der Waals surface area contributed by atoms with Crippen LogP contribution in [0.15, 0.2) is 30.3 Å². The van der Waals surface area contributed by atoms with Crippen LogP contribution in [-0.4, -0.2) is 48.8 Å². The van der Waals surface area contributed by atoms with E-state index in [4.69, 9.17) is 5.73 Å². The van der Waals surface area contributed by atoms with Gasteiger partial charge in [0.15, 0.2) is 0 Å². The van der Waals surface area contributed by atoms with E-state index < -0.39 is 0 Å². The van der Waals surface area contributed by atoms with E-state index in [0.29, 0.717) is 6.54 Å². The lowest BCUT2D eigenvalue weighted by Crippen LogP contribution is -2.41. The number of rotatable bonds is 7. The van der Waals surface area contributed by atoms with Gasteiger partial charge in [0.1, 0.15) is 0 Å². The van der Waals surface area contributed by atoms with E-state index in [2.05, 4.69) is 0 Å². The predicted octanol–water partition coefficient (Wildman–Crippen LogP) is 1.40. The molecule has 0 bridgehead atoms. The van der Waals surface area contributed by atoms with Crippen LogP contribution in [0.4, 0.5) is 0 Å². The van der Waals surface area contributed by atoms with E-state index in [1.807, 2.05) is 37.3 Å². The Kier molecular flexibility index (Phi) is 6.88. The summed E-state index contributed by atoms with van der Waals surface area (Å²) in [6.45, 7) is 2.67. The molecule has 1 unspecified atom stereocenters. The van der Waals surface area contributed by atoms with Crippen molar-refractivity contribution in [3.63, 3.8) is 0 Å². The van der Waals surface area contributed by atoms with Crippen LogP contribution in [0, 0.1) is 0 Å². The summed E-state index contributed by atoms with van der Waals surface area (Å²) in [7, 11) is 3.37. The molecular formula is C16H25N3O2. The molecule has 0 heterocycles. The molecular weight excluding hydrogens is 266 g/mol. The third kappa shape index (κ3) is 5.55. The topological polar surface area (TPSA) is 66.6 Å². The number of benzene rings is 1. The Hall–Kier alpha value is -1.88. The van der Waals surface area contributed by atoms with Crippen molar-refractivity contribution in [1.82, 2.24) is 9.80 Å². The summed E-state index contributed by atoms with van der Waals surface area (Å²) >= 11 is 0. The molecule has 0 radical (unpaired) electrons. The number of nitrogens with zero attached hydrogens (tertiary/aromatic N) is 2. The van der Waals surface area contributed by atoms with Gasteiger partial charge in [-0.2, -0.15) is 0 Å². The van der Waals surface area contributed by atoms with Gasteiger partial charge in [-0.1, -0.05) is 37.3 Å². The van der Waals surface area contributed by atoms with Gasteiger partial charge in [-0.3, -0.25) is 9.59 Å². The summed E-state index contributed by atoms with van der Waals surface area (Å²) in [6.07, 6.45) is 1.03. The molecule has 1 rings (SSSR count). The minimum Gasteiger partial charge on any atom is -0.347 e. The number of hydrogen-bond acceptors (Lipinski definition) is 3. The van der Waals surface area contributed by atoms with Crippen molar-refractivity contribution >= 4 is 11.8 Å². The Labute approximate surface area is 126 Å². The average molecular weight is 291 g/mol. The van der Waals surface area contributed by atoms with E-state index in [1.54, 1.807) is 19.0 Å². The molecule has 5 heteroatoms. The maximum absolute atomic E-state index is 12.4. The van der Waals surface area contributed by atoms with Crippen molar-refractivity contribution in [3.8, 4) is 0 Å². The summed E-state index contributed by atoms with van der Waals surface area (Å²) in [5.74, 6) is -0.159. The number of nitrogens with two attached hydrogens (primary N) is 1. The van der Waals surface area contributed by atoms with Crippen LogP contribution in [0.5, 0.6) is 0 Å². The van der Waals surface area contributed by atoms with Crippen LogP contribution < -0.4 is 5.73 Å². The van der Waals surface area contributed by atoms with Crippen LogP contribution in [0.3, 0.4) is 0 Å². The van der Waals surface area contributed by atoms with Crippen molar-refractivity contribution < 1.29 is 9.59 Å². The SMILES string of the molecule is CCCN(CC(=O)N(C)C)C(=O)CC(N)c1ccccc1. The quantitative estimate of drug-likeness (QED) is 0.826. The molecule has 2 N–H and O–H groups in total. The van der Waals surface area contributed by atoms with Gasteiger partial charge in [0.2, 0.25) is 11.8 Å². The Morgan fingerprint density at radius 2 is 1.76 bits per heavy atom. The summed E-state index contributed by atoms with van der Waals surface area (Å²) < 4.78 is 0. The normalized spacial score (nSPS) is 11.8. The molecule has 116 valence electrons. The van der Waals surface area contributed by atoms with E-state index in [9.17, 15) is 9.59 Å². The van der Waals surface area contributed by atoms with Gasteiger partial charge < -0.3 is 15.5 Å². The number of likely N-dealkylation sites (N-methyl/N-ethyl adjacent to an activating group) is 1. The molecule has 0 aliphatic carbocycles. The number of hydrogen-bond donors (Lipinski definition) is 1. The minimum atomic E-state index is -0.340. The van der Waals surface area contributed by atoms with E-state index in [1.165, 1.54) is 4.90 Å². The van der Waals surface area contributed by atoms with E-state index in [0.717, 1.165) is 12.0 Å². The summed E-state index contributed by atoms with van der Waals surface area (Å²) in [5.41, 5.74) is 7.01. The fraction of sp³-hybridized carbons (Fsp3) is 0.500. The average Bonchev–Trinajstić information content (AvgIpc) is 2.47. The van der Waals surface area contributed by atoms with Gasteiger partial charge in [-0.05, 0) is 12.0 Å². The Morgan fingerprint density at radius 1 is 1.14 bits per heavy atom. The molecule has 0 aliphatic heterocycles. The standard InChI is InChI=1S/C16H25N3O2/c1-4-10-19(12-16(21)18(2)3)15(20)11-14(17)13-8-6-5-7-9-13/h5-9,14H,4,10-12,17H2,1-3H3. The number of amides is 2. The molecule has 5 nitrogen and oxygen atoms in total. The van der Waals surface area contributed by atoms with Crippen molar-refractivity contribution in [2.75, 3.05) is 27.2 Å². The van der Waals surface area contributed by atoms with Crippen molar-refractivity contribution in [2.45, 2.75) is 25.8 Å².